The highest BCUT2D eigenvalue weighted by atomic mass is 16.5. The summed E-state index contributed by atoms with van der Waals surface area (Å²) in [6.45, 7) is 10.4. The van der Waals surface area contributed by atoms with Crippen molar-refractivity contribution < 1.29 is 19.5 Å². The molecule has 1 aliphatic rings. The minimum Gasteiger partial charge on any atom is -0.493 e. The van der Waals surface area contributed by atoms with E-state index >= 15 is 0 Å². The van der Waals surface area contributed by atoms with Crippen LogP contribution in [0.4, 0.5) is 0 Å². The molecular weight excluding hydrogens is 556 g/mol. The third-order valence-corrected chi connectivity index (χ3v) is 7.94. The molecule has 2 aromatic heterocycles. The van der Waals surface area contributed by atoms with Crippen LogP contribution in [0.25, 0.3) is 22.5 Å². The summed E-state index contributed by atoms with van der Waals surface area (Å²) >= 11 is 0. The maximum atomic E-state index is 13.3. The molecule has 0 aliphatic heterocycles. The molecule has 10 heteroatoms. The predicted octanol–water partition coefficient (Wildman–Crippen LogP) is 5.70. The van der Waals surface area contributed by atoms with E-state index in [1.165, 1.54) is 0 Å². The van der Waals surface area contributed by atoms with Gasteiger partial charge in [0.15, 0.2) is 17.3 Å². The fourth-order valence-electron chi connectivity index (χ4n) is 5.72. The van der Waals surface area contributed by atoms with E-state index in [9.17, 15) is 10.0 Å². The van der Waals surface area contributed by atoms with Crippen LogP contribution in [0.1, 0.15) is 61.4 Å². The molecule has 2 aromatic carbocycles. The number of hydrogen-bond acceptors (Lipinski definition) is 8. The molecule has 0 saturated heterocycles. The van der Waals surface area contributed by atoms with Gasteiger partial charge in [-0.15, -0.1) is 0 Å². The topological polar surface area (TPSA) is 125 Å². The van der Waals surface area contributed by atoms with Crippen LogP contribution in [-0.2, 0) is 13.0 Å². The molecule has 4 aromatic rings. The third kappa shape index (κ3) is 6.75. The Morgan fingerprint density at radius 3 is 2.50 bits per heavy atom. The van der Waals surface area contributed by atoms with Gasteiger partial charge in [-0.05, 0) is 82.0 Å². The second-order valence-corrected chi connectivity index (χ2v) is 11.4. The van der Waals surface area contributed by atoms with Crippen LogP contribution in [0.15, 0.2) is 66.1 Å². The van der Waals surface area contributed by atoms with Crippen molar-refractivity contribution in [2.45, 2.75) is 59.2 Å². The number of imidazole rings is 1. The zero-order valence-corrected chi connectivity index (χ0v) is 25.9. The van der Waals surface area contributed by atoms with Gasteiger partial charge in [-0.25, -0.2) is 4.98 Å². The lowest BCUT2D eigenvalue weighted by Crippen LogP contribution is -2.39. The second kappa shape index (κ2) is 13.7. The first kappa shape index (κ1) is 30.7. The average molecular weight is 597 g/mol. The van der Waals surface area contributed by atoms with Crippen molar-refractivity contribution in [2.75, 3.05) is 20.3 Å². The van der Waals surface area contributed by atoms with Gasteiger partial charge in [0.05, 0.1) is 24.2 Å². The van der Waals surface area contributed by atoms with Gasteiger partial charge >= 0.3 is 0 Å². The van der Waals surface area contributed by atoms with E-state index in [1.807, 2.05) is 42.5 Å². The molecule has 10 nitrogen and oxygen atoms in total. The Morgan fingerprint density at radius 1 is 1.02 bits per heavy atom. The zero-order valence-electron chi connectivity index (χ0n) is 25.9. The number of ether oxygens (including phenoxy) is 2. The number of aryl methyl sites for hydroxylation is 1. The molecule has 3 N–H and O–H groups in total. The first-order valence-corrected chi connectivity index (χ1v) is 15.0. The number of aromatic amines is 1. The molecule has 0 fully saturated rings. The number of rotatable bonds is 12. The molecule has 5 rings (SSSR count). The zero-order chi connectivity index (χ0) is 31.2. The molecule has 2 heterocycles. The summed E-state index contributed by atoms with van der Waals surface area (Å²) in [7, 11) is 1.61. The van der Waals surface area contributed by atoms with Gasteiger partial charge in [-0.1, -0.05) is 23.4 Å². The number of aromatic nitrogens is 3. The lowest BCUT2D eigenvalue weighted by Gasteiger charge is -2.30. The van der Waals surface area contributed by atoms with Crippen molar-refractivity contribution in [1.82, 2.24) is 25.2 Å². The molecule has 1 amide bonds. The first-order chi connectivity index (χ1) is 21.3. The van der Waals surface area contributed by atoms with Crippen molar-refractivity contribution in [1.29, 1.82) is 0 Å². The SMILES string of the molecule is COc1cc(CNC(=O)c2nc(-c3ccc4c(c3)CC/C4=N\O)c(-c3ccncc3)[nH]2)ccc1OCCN(C(C)C)C(C)C. The van der Waals surface area contributed by atoms with E-state index in [0.29, 0.717) is 48.0 Å². The molecule has 1 aliphatic carbocycles. The summed E-state index contributed by atoms with van der Waals surface area (Å²) in [6, 6.07) is 16.2. The van der Waals surface area contributed by atoms with Crippen LogP contribution < -0.4 is 14.8 Å². The Kier molecular flexibility index (Phi) is 9.59. The van der Waals surface area contributed by atoms with Gasteiger partial charge in [0, 0.05) is 54.3 Å². The van der Waals surface area contributed by atoms with Crippen LogP contribution in [-0.4, -0.2) is 69.0 Å². The molecule has 0 spiro atoms. The third-order valence-electron chi connectivity index (χ3n) is 7.94. The second-order valence-electron chi connectivity index (χ2n) is 11.4. The van der Waals surface area contributed by atoms with Crippen molar-refractivity contribution in [3.05, 3.63) is 83.4 Å². The fraction of sp³-hybridized carbons (Fsp3) is 0.353. The van der Waals surface area contributed by atoms with Crippen LogP contribution in [0, 0.1) is 0 Å². The standard InChI is InChI=1S/C34H40N6O4/c1-21(2)40(22(3)4)16-17-44-29-11-6-23(18-30(29)43-5)20-36-34(41)33-37-31(24-12-14-35-15-13-24)32(38-33)26-7-9-27-25(19-26)8-10-28(27)39-42/h6-7,9,11-15,18-19,21-22,42H,8,10,16-17,20H2,1-5H3,(H,36,41)(H,37,38)/b39-28+. The Balaban J connectivity index is 1.31. The van der Waals surface area contributed by atoms with E-state index < -0.39 is 0 Å². The maximum Gasteiger partial charge on any atom is 0.287 e. The van der Waals surface area contributed by atoms with Crippen molar-refractivity contribution in [2.24, 2.45) is 5.16 Å². The highest BCUT2D eigenvalue weighted by molar-refractivity contribution is 6.04. The number of carbonyl (C=O) groups is 1. The molecule has 0 saturated carbocycles. The van der Waals surface area contributed by atoms with Crippen LogP contribution in [0.2, 0.25) is 0 Å². The molecule has 0 radical (unpaired) electrons. The molecule has 0 atom stereocenters. The van der Waals surface area contributed by atoms with Crippen LogP contribution >= 0.6 is 0 Å². The van der Waals surface area contributed by atoms with Crippen LogP contribution in [0.3, 0.4) is 0 Å². The first-order valence-electron chi connectivity index (χ1n) is 15.0. The number of nitrogens with zero attached hydrogens (tertiary/aromatic N) is 4. The maximum absolute atomic E-state index is 13.3. The van der Waals surface area contributed by atoms with Gasteiger partial charge in [0.1, 0.15) is 6.61 Å². The summed E-state index contributed by atoms with van der Waals surface area (Å²) in [5.74, 6) is 1.16. The Bertz CT molecular complexity index is 1620. The van der Waals surface area contributed by atoms with E-state index in [1.54, 1.807) is 19.5 Å². The number of oxime groups is 1. The van der Waals surface area contributed by atoms with Crippen molar-refractivity contribution in [3.8, 4) is 34.0 Å². The Labute approximate surface area is 258 Å². The lowest BCUT2D eigenvalue weighted by atomic mass is 10.0. The largest absolute Gasteiger partial charge is 0.493 e. The molecule has 230 valence electrons. The number of H-pyrrole nitrogens is 1. The van der Waals surface area contributed by atoms with Crippen molar-refractivity contribution >= 4 is 11.6 Å². The van der Waals surface area contributed by atoms with Crippen LogP contribution in [0.5, 0.6) is 11.5 Å². The number of amides is 1. The number of pyridine rings is 1. The van der Waals surface area contributed by atoms with E-state index in [2.05, 4.69) is 59.1 Å². The highest BCUT2D eigenvalue weighted by Crippen LogP contribution is 2.34. The summed E-state index contributed by atoms with van der Waals surface area (Å²) < 4.78 is 11.7. The molecule has 0 unspecified atom stereocenters. The number of hydrogen-bond donors (Lipinski definition) is 3. The molecule has 44 heavy (non-hydrogen) atoms. The predicted molar refractivity (Wildman–Crippen MR) is 171 cm³/mol. The number of methoxy groups -OCH3 is 1. The Morgan fingerprint density at radius 2 is 1.80 bits per heavy atom. The van der Waals surface area contributed by atoms with E-state index in [4.69, 9.17) is 14.5 Å². The quantitative estimate of drug-likeness (QED) is 0.142. The lowest BCUT2D eigenvalue weighted by molar-refractivity contribution is 0.0941. The smallest absolute Gasteiger partial charge is 0.287 e. The highest BCUT2D eigenvalue weighted by Gasteiger charge is 2.23. The summed E-state index contributed by atoms with van der Waals surface area (Å²) in [5.41, 5.74) is 6.70. The summed E-state index contributed by atoms with van der Waals surface area (Å²) in [6.07, 6.45) is 4.88. The van der Waals surface area contributed by atoms with Gasteiger partial charge in [-0.2, -0.15) is 0 Å². The summed E-state index contributed by atoms with van der Waals surface area (Å²) in [5, 5.41) is 15.7. The number of nitrogens with one attached hydrogen (secondary N) is 2. The fourth-order valence-corrected chi connectivity index (χ4v) is 5.72. The monoisotopic (exact) mass is 596 g/mol. The molecular formula is C34H40N6O4. The van der Waals surface area contributed by atoms with E-state index in [-0.39, 0.29) is 18.3 Å². The minimum atomic E-state index is -0.329. The van der Waals surface area contributed by atoms with Gasteiger partial charge in [0.25, 0.3) is 5.91 Å². The van der Waals surface area contributed by atoms with Crippen molar-refractivity contribution in [3.63, 3.8) is 0 Å². The number of carbonyl (C=O) groups excluding carboxylic acids is 1. The Hall–Kier alpha value is -4.70. The average Bonchev–Trinajstić information content (AvgIpc) is 3.66. The molecule has 0 bridgehead atoms. The number of benzene rings is 2. The normalized spacial score (nSPS) is 13.6. The van der Waals surface area contributed by atoms with Gasteiger partial charge in [-0.3, -0.25) is 14.7 Å². The number of fused-ring (bicyclic) bond motifs is 1. The van der Waals surface area contributed by atoms with Gasteiger partial charge in [0.2, 0.25) is 0 Å². The summed E-state index contributed by atoms with van der Waals surface area (Å²) in [4.78, 5) is 27.8. The van der Waals surface area contributed by atoms with Gasteiger partial charge < -0.3 is 25.0 Å². The minimum absolute atomic E-state index is 0.205. The van der Waals surface area contributed by atoms with E-state index in [0.717, 1.165) is 46.5 Å².